The predicted octanol–water partition coefficient (Wildman–Crippen LogP) is 3.97. The van der Waals surface area contributed by atoms with Crippen LogP contribution in [0, 0.1) is 11.6 Å². The zero-order valence-corrected chi connectivity index (χ0v) is 15.7. The average molecular weight is 370 g/mol. The molecule has 0 saturated heterocycles. The van der Waals surface area contributed by atoms with Gasteiger partial charge in [-0.25, -0.2) is 8.78 Å². The summed E-state index contributed by atoms with van der Waals surface area (Å²) in [6.45, 7) is 4.38. The van der Waals surface area contributed by atoms with E-state index in [2.05, 4.69) is 10.2 Å². The monoisotopic (exact) mass is 370 g/mol. The van der Waals surface area contributed by atoms with E-state index in [-0.39, 0.29) is 11.6 Å². The van der Waals surface area contributed by atoms with Crippen LogP contribution in [0.25, 0.3) is 5.57 Å². The van der Waals surface area contributed by atoms with Gasteiger partial charge in [0, 0.05) is 17.6 Å². The lowest BCUT2D eigenvalue weighted by molar-refractivity contribution is -0.112. The zero-order valence-electron chi connectivity index (χ0n) is 15.7. The fourth-order valence-electron chi connectivity index (χ4n) is 3.79. The van der Waals surface area contributed by atoms with E-state index in [1.165, 1.54) is 6.07 Å². The number of carbonyl (C=O) groups is 1. The molecule has 3 nitrogen and oxygen atoms in total. The minimum atomic E-state index is -0.543. The van der Waals surface area contributed by atoms with Gasteiger partial charge in [-0.2, -0.15) is 0 Å². The molecule has 1 unspecified atom stereocenters. The Morgan fingerprint density at radius 2 is 1.89 bits per heavy atom. The number of nitrogens with zero attached hydrogens (tertiary/aromatic N) is 1. The van der Waals surface area contributed by atoms with Gasteiger partial charge in [0.05, 0.1) is 12.1 Å². The number of likely N-dealkylation sites (N-methyl/N-ethyl adjacent to an activating group) is 1. The summed E-state index contributed by atoms with van der Waals surface area (Å²) in [5.74, 6) is -0.920. The molecule has 2 aromatic carbocycles. The molecule has 27 heavy (non-hydrogen) atoms. The number of rotatable bonds is 6. The Bertz CT molecular complexity index is 849. The van der Waals surface area contributed by atoms with Crippen LogP contribution in [0.1, 0.15) is 31.0 Å². The molecule has 0 aromatic heterocycles. The molecule has 1 aliphatic rings. The molecule has 0 amide bonds. The average Bonchev–Trinajstić information content (AvgIpc) is 3.11. The highest BCUT2D eigenvalue weighted by Gasteiger charge is 2.42. The molecule has 0 aliphatic carbocycles. The van der Waals surface area contributed by atoms with Crippen LogP contribution in [0.5, 0.6) is 0 Å². The molecular formula is C22H24F2N2O. The molecule has 2 atom stereocenters. The van der Waals surface area contributed by atoms with E-state index in [0.29, 0.717) is 6.54 Å². The second kappa shape index (κ2) is 7.71. The van der Waals surface area contributed by atoms with E-state index in [4.69, 9.17) is 0 Å². The Morgan fingerprint density at radius 1 is 1.19 bits per heavy atom. The standard InChI is InChI=1S/C22H24F2N2O/c1-22(2,21(14-27)25-3)26-13-16(18-12-17(23)9-10-19(18)24)11-20(26)15-7-5-4-6-8-15/h4-12,14,20-21,25H,13H2,1-3H3/t20?,21-/m1/s1. The normalized spacial score (nSPS) is 19.0. The second-order valence-corrected chi connectivity index (χ2v) is 7.36. The van der Waals surface area contributed by atoms with Crippen molar-refractivity contribution in [3.8, 4) is 0 Å². The molecule has 3 rings (SSSR count). The Morgan fingerprint density at radius 3 is 2.52 bits per heavy atom. The second-order valence-electron chi connectivity index (χ2n) is 7.36. The Kier molecular flexibility index (Phi) is 5.53. The fraction of sp³-hybridized carbons (Fsp3) is 0.318. The van der Waals surface area contributed by atoms with Gasteiger partial charge in [-0.3, -0.25) is 4.90 Å². The summed E-state index contributed by atoms with van der Waals surface area (Å²) >= 11 is 0. The lowest BCUT2D eigenvalue weighted by Gasteiger charge is -2.43. The summed E-state index contributed by atoms with van der Waals surface area (Å²) in [4.78, 5) is 13.8. The number of hydrogen-bond acceptors (Lipinski definition) is 3. The number of halogens is 2. The van der Waals surface area contributed by atoms with Gasteiger partial charge in [0.15, 0.2) is 0 Å². The van der Waals surface area contributed by atoms with Gasteiger partial charge in [0.2, 0.25) is 0 Å². The minimum Gasteiger partial charge on any atom is -0.309 e. The van der Waals surface area contributed by atoms with E-state index >= 15 is 0 Å². The van der Waals surface area contributed by atoms with Crippen LogP contribution in [0.4, 0.5) is 8.78 Å². The Balaban J connectivity index is 2.07. The van der Waals surface area contributed by atoms with Crippen molar-refractivity contribution in [1.29, 1.82) is 0 Å². The van der Waals surface area contributed by atoms with E-state index in [1.807, 2.05) is 50.3 Å². The third-order valence-corrected chi connectivity index (χ3v) is 5.40. The summed E-state index contributed by atoms with van der Waals surface area (Å²) in [7, 11) is 1.75. The lowest BCUT2D eigenvalue weighted by atomic mass is 9.91. The number of carbonyl (C=O) groups excluding carboxylic acids is 1. The van der Waals surface area contributed by atoms with Crippen molar-refractivity contribution in [2.24, 2.45) is 0 Å². The first-order valence-corrected chi connectivity index (χ1v) is 8.99. The first-order valence-electron chi connectivity index (χ1n) is 8.99. The molecule has 0 saturated carbocycles. The fourth-order valence-corrected chi connectivity index (χ4v) is 3.79. The van der Waals surface area contributed by atoms with Crippen molar-refractivity contribution in [2.75, 3.05) is 13.6 Å². The molecular weight excluding hydrogens is 346 g/mol. The molecule has 2 aromatic rings. The van der Waals surface area contributed by atoms with Gasteiger partial charge in [0.25, 0.3) is 0 Å². The maximum absolute atomic E-state index is 14.4. The molecule has 0 bridgehead atoms. The van der Waals surface area contributed by atoms with Crippen LogP contribution in [0.3, 0.4) is 0 Å². The van der Waals surface area contributed by atoms with Gasteiger partial charge >= 0.3 is 0 Å². The number of aldehydes is 1. The topological polar surface area (TPSA) is 32.3 Å². The highest BCUT2D eigenvalue weighted by molar-refractivity contribution is 5.71. The lowest BCUT2D eigenvalue weighted by Crippen LogP contribution is -2.57. The molecule has 5 heteroatoms. The molecule has 0 spiro atoms. The SMILES string of the molecule is CN[C@H](C=O)C(C)(C)N1CC(c2cc(F)ccc2F)=CC1c1ccccc1. The van der Waals surface area contributed by atoms with Gasteiger partial charge < -0.3 is 10.1 Å². The highest BCUT2D eigenvalue weighted by atomic mass is 19.1. The van der Waals surface area contributed by atoms with Crippen LogP contribution in [0.15, 0.2) is 54.6 Å². The molecule has 0 radical (unpaired) electrons. The van der Waals surface area contributed by atoms with Crippen molar-refractivity contribution in [1.82, 2.24) is 10.2 Å². The maximum atomic E-state index is 14.4. The van der Waals surface area contributed by atoms with Crippen LogP contribution >= 0.6 is 0 Å². The number of benzene rings is 2. The summed E-state index contributed by atoms with van der Waals surface area (Å²) in [6, 6.07) is 12.8. The van der Waals surface area contributed by atoms with Crippen LogP contribution in [0.2, 0.25) is 0 Å². The Labute approximate surface area is 158 Å². The van der Waals surface area contributed by atoms with Crippen LogP contribution in [-0.4, -0.2) is 36.4 Å². The van der Waals surface area contributed by atoms with Crippen molar-refractivity contribution in [3.63, 3.8) is 0 Å². The van der Waals surface area contributed by atoms with E-state index in [0.717, 1.165) is 29.6 Å². The van der Waals surface area contributed by atoms with Gasteiger partial charge in [-0.05, 0) is 50.2 Å². The summed E-state index contributed by atoms with van der Waals surface area (Å²) in [5.41, 5.74) is 1.48. The smallest absolute Gasteiger partial charge is 0.138 e. The highest BCUT2D eigenvalue weighted by Crippen LogP contribution is 2.40. The van der Waals surface area contributed by atoms with E-state index < -0.39 is 23.2 Å². The molecule has 0 fully saturated rings. The van der Waals surface area contributed by atoms with Gasteiger partial charge in [-0.15, -0.1) is 0 Å². The summed E-state index contributed by atoms with van der Waals surface area (Å²) < 4.78 is 28.1. The summed E-state index contributed by atoms with van der Waals surface area (Å²) in [5, 5.41) is 3.05. The molecule has 1 N–H and O–H groups in total. The van der Waals surface area contributed by atoms with Gasteiger partial charge in [0.1, 0.15) is 17.9 Å². The molecule has 142 valence electrons. The summed E-state index contributed by atoms with van der Waals surface area (Å²) in [6.07, 6.45) is 2.86. The van der Waals surface area contributed by atoms with Gasteiger partial charge in [-0.1, -0.05) is 36.4 Å². The molecule has 1 heterocycles. The van der Waals surface area contributed by atoms with Crippen molar-refractivity contribution in [3.05, 3.63) is 77.4 Å². The van der Waals surface area contributed by atoms with Crippen molar-refractivity contribution < 1.29 is 13.6 Å². The van der Waals surface area contributed by atoms with Crippen molar-refractivity contribution >= 4 is 11.9 Å². The predicted molar refractivity (Wildman–Crippen MR) is 103 cm³/mol. The first kappa shape index (κ1) is 19.4. The minimum absolute atomic E-state index is 0.144. The molecule has 1 aliphatic heterocycles. The zero-order chi connectivity index (χ0) is 19.6. The Hall–Kier alpha value is -2.37. The maximum Gasteiger partial charge on any atom is 0.138 e. The third-order valence-electron chi connectivity index (χ3n) is 5.40. The quantitative estimate of drug-likeness (QED) is 0.781. The van der Waals surface area contributed by atoms with E-state index in [1.54, 1.807) is 7.05 Å². The largest absolute Gasteiger partial charge is 0.309 e. The number of hydrogen-bond donors (Lipinski definition) is 1. The number of nitrogens with one attached hydrogen (secondary N) is 1. The van der Waals surface area contributed by atoms with E-state index in [9.17, 15) is 13.6 Å². The third kappa shape index (κ3) is 3.70. The van der Waals surface area contributed by atoms with Crippen molar-refractivity contribution in [2.45, 2.75) is 31.5 Å². The first-order chi connectivity index (χ1) is 12.9. The van der Waals surface area contributed by atoms with Crippen LogP contribution < -0.4 is 5.32 Å². The van der Waals surface area contributed by atoms with Crippen LogP contribution in [-0.2, 0) is 4.79 Å².